The van der Waals surface area contributed by atoms with Crippen molar-refractivity contribution in [3.63, 3.8) is 0 Å². The predicted octanol–water partition coefficient (Wildman–Crippen LogP) is 2.89. The highest BCUT2D eigenvalue weighted by Gasteiger charge is 2.25. The molecule has 0 unspecified atom stereocenters. The molecule has 30 heavy (non-hydrogen) atoms. The summed E-state index contributed by atoms with van der Waals surface area (Å²) >= 11 is 1.64. The Morgan fingerprint density at radius 1 is 1.07 bits per heavy atom. The third-order valence-corrected chi connectivity index (χ3v) is 7.40. The molecular formula is C21H27N5O2S2. The summed E-state index contributed by atoms with van der Waals surface area (Å²) in [6.45, 7) is 3.06. The molecule has 0 atom stereocenters. The zero-order valence-corrected chi connectivity index (χ0v) is 19.2. The maximum absolute atomic E-state index is 12.0. The summed E-state index contributed by atoms with van der Waals surface area (Å²) in [5, 5.41) is 3.21. The number of thiophene rings is 1. The lowest BCUT2D eigenvalue weighted by atomic mass is 10.1. The highest BCUT2D eigenvalue weighted by Crippen LogP contribution is 2.38. The molecule has 160 valence electrons. The Kier molecular flexibility index (Phi) is 6.06. The summed E-state index contributed by atoms with van der Waals surface area (Å²) in [4.78, 5) is 15.1. The Bertz CT molecular complexity index is 1130. The van der Waals surface area contributed by atoms with Gasteiger partial charge in [0.15, 0.2) is 0 Å². The van der Waals surface area contributed by atoms with Crippen LogP contribution in [0.1, 0.15) is 12.2 Å². The molecule has 0 saturated carbocycles. The highest BCUT2D eigenvalue weighted by molar-refractivity contribution is 7.88. The third kappa shape index (κ3) is 4.49. The second kappa shape index (κ2) is 8.58. The van der Waals surface area contributed by atoms with Crippen molar-refractivity contribution in [1.29, 1.82) is 0 Å². The van der Waals surface area contributed by atoms with Crippen molar-refractivity contribution in [2.75, 3.05) is 51.4 Å². The van der Waals surface area contributed by atoms with E-state index in [1.165, 1.54) is 6.26 Å². The van der Waals surface area contributed by atoms with Gasteiger partial charge in [0.2, 0.25) is 10.0 Å². The van der Waals surface area contributed by atoms with Gasteiger partial charge >= 0.3 is 0 Å². The van der Waals surface area contributed by atoms with E-state index in [1.807, 2.05) is 32.3 Å². The summed E-state index contributed by atoms with van der Waals surface area (Å²) < 4.78 is 25.7. The number of hydrogen-bond acceptors (Lipinski definition) is 7. The van der Waals surface area contributed by atoms with Gasteiger partial charge in [0, 0.05) is 37.1 Å². The zero-order chi connectivity index (χ0) is 21.3. The van der Waals surface area contributed by atoms with Gasteiger partial charge < -0.3 is 9.80 Å². The van der Waals surface area contributed by atoms with Crippen LogP contribution in [0.2, 0.25) is 0 Å². The molecule has 0 aliphatic carbocycles. The minimum atomic E-state index is -3.19. The molecule has 3 heterocycles. The lowest BCUT2D eigenvalue weighted by Gasteiger charge is -2.24. The largest absolute Gasteiger partial charge is 0.355 e. The molecule has 1 aliphatic rings. The van der Waals surface area contributed by atoms with Crippen molar-refractivity contribution >= 4 is 37.4 Å². The molecule has 3 aromatic rings. The van der Waals surface area contributed by atoms with E-state index in [0.717, 1.165) is 46.0 Å². The van der Waals surface area contributed by atoms with Crippen LogP contribution in [0.5, 0.6) is 0 Å². The van der Waals surface area contributed by atoms with Gasteiger partial charge in [-0.3, -0.25) is 0 Å². The first-order valence-electron chi connectivity index (χ1n) is 10.0. The molecular weight excluding hydrogens is 418 g/mol. The topological polar surface area (TPSA) is 69.6 Å². The molecule has 0 spiro atoms. The van der Waals surface area contributed by atoms with Crippen molar-refractivity contribution in [2.45, 2.75) is 13.0 Å². The van der Waals surface area contributed by atoms with Gasteiger partial charge in [-0.15, -0.1) is 11.3 Å². The van der Waals surface area contributed by atoms with E-state index in [0.29, 0.717) is 26.2 Å². The fourth-order valence-corrected chi connectivity index (χ4v) is 5.65. The molecule has 2 aromatic heterocycles. The first-order valence-corrected chi connectivity index (χ1v) is 12.7. The first kappa shape index (κ1) is 21.2. The minimum Gasteiger partial charge on any atom is -0.355 e. The summed E-state index contributed by atoms with van der Waals surface area (Å²) in [6.07, 6.45) is 2.06. The zero-order valence-electron chi connectivity index (χ0n) is 17.6. The number of sulfonamides is 1. The number of rotatable bonds is 5. The minimum absolute atomic E-state index is 0.470. The van der Waals surface area contributed by atoms with Crippen LogP contribution in [0.3, 0.4) is 0 Å². The second-order valence-corrected chi connectivity index (χ2v) is 10.7. The maximum atomic E-state index is 12.0. The lowest BCUT2D eigenvalue weighted by molar-refractivity contribution is 0.391. The first-order chi connectivity index (χ1) is 14.3. The van der Waals surface area contributed by atoms with Crippen LogP contribution in [-0.4, -0.2) is 74.1 Å². The average Bonchev–Trinajstić information content (AvgIpc) is 2.94. The van der Waals surface area contributed by atoms with Gasteiger partial charge in [-0.2, -0.15) is 0 Å². The molecule has 9 heteroatoms. The maximum Gasteiger partial charge on any atom is 0.211 e. The van der Waals surface area contributed by atoms with Gasteiger partial charge in [-0.05, 0) is 26.1 Å². The number of anilines is 1. The molecule has 1 saturated heterocycles. The highest BCUT2D eigenvalue weighted by atomic mass is 32.2. The number of benzene rings is 1. The van der Waals surface area contributed by atoms with Crippen LogP contribution in [0.4, 0.5) is 5.82 Å². The van der Waals surface area contributed by atoms with Crippen molar-refractivity contribution in [1.82, 2.24) is 19.2 Å². The van der Waals surface area contributed by atoms with Crippen LogP contribution in [0.25, 0.3) is 21.3 Å². The quantitative estimate of drug-likeness (QED) is 0.602. The Hall–Kier alpha value is -2.07. The summed E-state index contributed by atoms with van der Waals surface area (Å²) in [5.41, 5.74) is 2.27. The average molecular weight is 446 g/mol. The summed E-state index contributed by atoms with van der Waals surface area (Å²) in [6, 6.07) is 10.3. The van der Waals surface area contributed by atoms with Crippen LogP contribution < -0.4 is 4.90 Å². The standard InChI is InChI=1S/C21H27N5O2S2/c1-24(2)14-18-22-20(25-10-7-11-26(13-12-25)30(3,27)28)19-17(15-29-21(19)23-18)16-8-5-4-6-9-16/h4-6,8-9,15H,7,10-14H2,1-3H3. The van der Waals surface area contributed by atoms with E-state index in [1.54, 1.807) is 15.6 Å². The molecule has 0 amide bonds. The molecule has 7 nitrogen and oxygen atoms in total. The molecule has 1 aliphatic heterocycles. The van der Waals surface area contributed by atoms with E-state index in [4.69, 9.17) is 9.97 Å². The van der Waals surface area contributed by atoms with E-state index in [-0.39, 0.29) is 0 Å². The Morgan fingerprint density at radius 3 is 2.53 bits per heavy atom. The Labute approximate surface area is 182 Å². The van der Waals surface area contributed by atoms with Gasteiger partial charge in [0.1, 0.15) is 16.5 Å². The second-order valence-electron chi connectivity index (χ2n) is 7.90. The van der Waals surface area contributed by atoms with E-state index < -0.39 is 10.0 Å². The van der Waals surface area contributed by atoms with Crippen molar-refractivity contribution in [3.05, 3.63) is 41.5 Å². The number of nitrogens with zero attached hydrogens (tertiary/aromatic N) is 5. The monoisotopic (exact) mass is 445 g/mol. The van der Waals surface area contributed by atoms with Crippen LogP contribution >= 0.6 is 11.3 Å². The van der Waals surface area contributed by atoms with Crippen molar-refractivity contribution < 1.29 is 8.42 Å². The Morgan fingerprint density at radius 2 is 1.83 bits per heavy atom. The van der Waals surface area contributed by atoms with Crippen LogP contribution in [0, 0.1) is 0 Å². The molecule has 1 fully saturated rings. The van der Waals surface area contributed by atoms with Gasteiger partial charge in [-0.25, -0.2) is 22.7 Å². The molecule has 1 aromatic carbocycles. The summed E-state index contributed by atoms with van der Waals surface area (Å²) in [7, 11) is 0.821. The number of hydrogen-bond donors (Lipinski definition) is 0. The van der Waals surface area contributed by atoms with E-state index in [2.05, 4.69) is 27.3 Å². The van der Waals surface area contributed by atoms with Gasteiger partial charge in [0.25, 0.3) is 0 Å². The van der Waals surface area contributed by atoms with Crippen molar-refractivity contribution in [3.8, 4) is 11.1 Å². The van der Waals surface area contributed by atoms with E-state index >= 15 is 0 Å². The molecule has 0 radical (unpaired) electrons. The molecule has 0 N–H and O–H groups in total. The predicted molar refractivity (Wildman–Crippen MR) is 123 cm³/mol. The number of fused-ring (bicyclic) bond motifs is 1. The van der Waals surface area contributed by atoms with Crippen LogP contribution in [-0.2, 0) is 16.6 Å². The SMILES string of the molecule is CN(C)Cc1nc(N2CCCN(S(C)(=O)=O)CC2)c2c(-c3ccccc3)csc2n1. The van der Waals surface area contributed by atoms with E-state index in [9.17, 15) is 8.42 Å². The lowest BCUT2D eigenvalue weighted by Crippen LogP contribution is -2.34. The number of aromatic nitrogens is 2. The van der Waals surface area contributed by atoms with Gasteiger partial charge in [0.05, 0.1) is 18.2 Å². The summed E-state index contributed by atoms with van der Waals surface area (Å²) in [5.74, 6) is 1.69. The molecule has 0 bridgehead atoms. The van der Waals surface area contributed by atoms with Crippen molar-refractivity contribution in [2.24, 2.45) is 0 Å². The van der Waals surface area contributed by atoms with Crippen LogP contribution in [0.15, 0.2) is 35.7 Å². The smallest absolute Gasteiger partial charge is 0.211 e. The molecule has 4 rings (SSSR count). The Balaban J connectivity index is 1.80. The normalized spacial score (nSPS) is 16.3. The fraction of sp³-hybridized carbons (Fsp3) is 0.429. The fourth-order valence-electron chi connectivity index (χ4n) is 3.82. The third-order valence-electron chi connectivity index (χ3n) is 5.23. The van der Waals surface area contributed by atoms with Gasteiger partial charge in [-0.1, -0.05) is 30.3 Å².